The standard InChI is InChI=1S/C39H82N/c1-6-8-10-12-14-16-18-20-22-24-26-28-30-32-34-36-38-39(40(3,4)5)37-35-33-31-29-27-25-23-21-19-17-15-13-11-9-7-2/h39H,6-38H2,1-5H3/q+1. The van der Waals surface area contributed by atoms with Gasteiger partial charge in [-0.25, -0.2) is 0 Å². The van der Waals surface area contributed by atoms with Gasteiger partial charge in [0.05, 0.1) is 27.2 Å². The molecule has 0 rings (SSSR count). The molecule has 0 N–H and O–H groups in total. The van der Waals surface area contributed by atoms with E-state index >= 15 is 0 Å². The van der Waals surface area contributed by atoms with Gasteiger partial charge >= 0.3 is 0 Å². The number of quaternary nitrogens is 1. The summed E-state index contributed by atoms with van der Waals surface area (Å²) in [5.41, 5.74) is 0. The first-order chi connectivity index (χ1) is 19.5. The highest BCUT2D eigenvalue weighted by Crippen LogP contribution is 2.21. The summed E-state index contributed by atoms with van der Waals surface area (Å²) < 4.78 is 1.16. The predicted octanol–water partition coefficient (Wildman–Crippen LogP) is 14.0. The van der Waals surface area contributed by atoms with Crippen LogP contribution in [-0.4, -0.2) is 31.7 Å². The summed E-state index contributed by atoms with van der Waals surface area (Å²) in [4.78, 5) is 0. The van der Waals surface area contributed by atoms with Crippen LogP contribution in [0.1, 0.15) is 226 Å². The van der Waals surface area contributed by atoms with Crippen LogP contribution in [0.25, 0.3) is 0 Å². The molecule has 1 unspecified atom stereocenters. The van der Waals surface area contributed by atoms with Crippen LogP contribution >= 0.6 is 0 Å². The minimum absolute atomic E-state index is 0.869. The van der Waals surface area contributed by atoms with E-state index < -0.39 is 0 Å². The van der Waals surface area contributed by atoms with Gasteiger partial charge in [0.1, 0.15) is 0 Å². The topological polar surface area (TPSA) is 0 Å². The quantitative estimate of drug-likeness (QED) is 0.0538. The minimum Gasteiger partial charge on any atom is -0.328 e. The number of unbranched alkanes of at least 4 members (excludes halogenated alkanes) is 29. The molecule has 0 heterocycles. The third kappa shape index (κ3) is 30.9. The lowest BCUT2D eigenvalue weighted by atomic mass is 9.97. The second-order valence-electron chi connectivity index (χ2n) is 14.6. The van der Waals surface area contributed by atoms with E-state index in [1.54, 1.807) is 0 Å². The molecule has 0 bridgehead atoms. The van der Waals surface area contributed by atoms with E-state index in [0.717, 1.165) is 10.5 Å². The normalized spacial score (nSPS) is 12.8. The summed E-state index contributed by atoms with van der Waals surface area (Å²) in [5, 5.41) is 0. The Morgan fingerprint density at radius 1 is 0.275 bits per heavy atom. The Kier molecular flexibility index (Phi) is 31.9. The fraction of sp³-hybridized carbons (Fsp3) is 1.00. The first kappa shape index (κ1) is 40.0. The Hall–Kier alpha value is -0.0400. The Morgan fingerprint density at radius 3 is 0.625 bits per heavy atom. The van der Waals surface area contributed by atoms with Gasteiger partial charge in [-0.15, -0.1) is 0 Å². The molecule has 1 heteroatoms. The molecule has 0 spiro atoms. The van der Waals surface area contributed by atoms with Crippen LogP contribution in [0.4, 0.5) is 0 Å². The Balaban J connectivity index is 3.49. The van der Waals surface area contributed by atoms with Gasteiger partial charge in [-0.2, -0.15) is 0 Å². The van der Waals surface area contributed by atoms with Crippen LogP contribution in [-0.2, 0) is 0 Å². The van der Waals surface area contributed by atoms with Crippen molar-refractivity contribution in [2.45, 2.75) is 232 Å². The third-order valence-electron chi connectivity index (χ3n) is 9.63. The summed E-state index contributed by atoms with van der Waals surface area (Å²) in [7, 11) is 7.30. The van der Waals surface area contributed by atoms with E-state index in [1.807, 2.05) is 0 Å². The predicted molar refractivity (Wildman–Crippen MR) is 186 cm³/mol. The van der Waals surface area contributed by atoms with Gasteiger partial charge < -0.3 is 4.48 Å². The van der Waals surface area contributed by atoms with E-state index in [2.05, 4.69) is 35.0 Å². The maximum Gasteiger partial charge on any atom is 0.0884 e. The van der Waals surface area contributed by atoms with Gasteiger partial charge in [-0.3, -0.25) is 0 Å². The molecule has 0 saturated carbocycles. The highest BCUT2D eigenvalue weighted by atomic mass is 15.3. The summed E-state index contributed by atoms with van der Waals surface area (Å²) in [6.45, 7) is 4.62. The smallest absolute Gasteiger partial charge is 0.0884 e. The van der Waals surface area contributed by atoms with Crippen molar-refractivity contribution >= 4 is 0 Å². The van der Waals surface area contributed by atoms with Crippen molar-refractivity contribution in [1.29, 1.82) is 0 Å². The maximum absolute atomic E-state index is 2.43. The van der Waals surface area contributed by atoms with Crippen molar-refractivity contribution in [2.75, 3.05) is 21.1 Å². The highest BCUT2D eigenvalue weighted by molar-refractivity contribution is 4.61. The van der Waals surface area contributed by atoms with Crippen molar-refractivity contribution in [3.63, 3.8) is 0 Å². The number of nitrogens with zero attached hydrogens (tertiary/aromatic N) is 1. The number of hydrogen-bond acceptors (Lipinski definition) is 0. The molecule has 0 aromatic rings. The van der Waals surface area contributed by atoms with Gasteiger partial charge in [-0.05, 0) is 25.7 Å². The van der Waals surface area contributed by atoms with Crippen molar-refractivity contribution < 1.29 is 4.48 Å². The number of hydrogen-bond donors (Lipinski definition) is 0. The van der Waals surface area contributed by atoms with E-state index in [-0.39, 0.29) is 0 Å². The number of rotatable bonds is 34. The molecule has 0 amide bonds. The second-order valence-corrected chi connectivity index (χ2v) is 14.6. The van der Waals surface area contributed by atoms with Crippen LogP contribution in [0, 0.1) is 0 Å². The zero-order chi connectivity index (χ0) is 29.4. The molecule has 0 radical (unpaired) electrons. The van der Waals surface area contributed by atoms with E-state index in [9.17, 15) is 0 Å². The average Bonchev–Trinajstić information content (AvgIpc) is 2.93. The molecule has 1 nitrogen and oxygen atoms in total. The van der Waals surface area contributed by atoms with Crippen molar-refractivity contribution in [2.24, 2.45) is 0 Å². The van der Waals surface area contributed by atoms with Gasteiger partial charge in [0.15, 0.2) is 0 Å². The molecular formula is C39H82N+. The SMILES string of the molecule is CCCCCCCCCCCCCCCCCCC(CCCCCCCCCCCCCCCCC)[N+](C)(C)C. The van der Waals surface area contributed by atoms with Crippen LogP contribution in [0.3, 0.4) is 0 Å². The van der Waals surface area contributed by atoms with Crippen molar-refractivity contribution in [3.8, 4) is 0 Å². The van der Waals surface area contributed by atoms with E-state index in [4.69, 9.17) is 0 Å². The van der Waals surface area contributed by atoms with Crippen LogP contribution < -0.4 is 0 Å². The first-order valence-electron chi connectivity index (χ1n) is 19.3. The Morgan fingerprint density at radius 2 is 0.450 bits per heavy atom. The minimum atomic E-state index is 0.869. The Labute approximate surface area is 257 Å². The average molecular weight is 565 g/mol. The van der Waals surface area contributed by atoms with Gasteiger partial charge in [0.2, 0.25) is 0 Å². The van der Waals surface area contributed by atoms with Crippen LogP contribution in [0.15, 0.2) is 0 Å². The monoisotopic (exact) mass is 565 g/mol. The van der Waals surface area contributed by atoms with Crippen LogP contribution in [0.5, 0.6) is 0 Å². The van der Waals surface area contributed by atoms with E-state index in [0.29, 0.717) is 0 Å². The molecule has 0 aromatic heterocycles. The fourth-order valence-corrected chi connectivity index (χ4v) is 6.60. The summed E-state index contributed by atoms with van der Waals surface area (Å²) in [5.74, 6) is 0. The van der Waals surface area contributed by atoms with E-state index in [1.165, 1.54) is 212 Å². The molecule has 1 atom stereocenters. The first-order valence-corrected chi connectivity index (χ1v) is 19.3. The zero-order valence-electron chi connectivity index (χ0n) is 29.4. The molecule has 0 fully saturated rings. The molecule has 0 saturated heterocycles. The third-order valence-corrected chi connectivity index (χ3v) is 9.63. The summed E-state index contributed by atoms with van der Waals surface area (Å²) >= 11 is 0. The highest BCUT2D eigenvalue weighted by Gasteiger charge is 2.22. The zero-order valence-corrected chi connectivity index (χ0v) is 29.4. The lowest BCUT2D eigenvalue weighted by molar-refractivity contribution is -0.896. The van der Waals surface area contributed by atoms with Crippen LogP contribution in [0.2, 0.25) is 0 Å². The summed E-state index contributed by atoms with van der Waals surface area (Å²) in [6.07, 6.45) is 48.4. The molecule has 0 aromatic carbocycles. The van der Waals surface area contributed by atoms with Gasteiger partial charge in [0, 0.05) is 0 Å². The van der Waals surface area contributed by atoms with Gasteiger partial charge in [-0.1, -0.05) is 200 Å². The molecule has 0 aliphatic heterocycles. The molecule has 0 aliphatic rings. The summed E-state index contributed by atoms with van der Waals surface area (Å²) in [6, 6.07) is 0.869. The van der Waals surface area contributed by atoms with Gasteiger partial charge in [0.25, 0.3) is 0 Å². The van der Waals surface area contributed by atoms with Crippen molar-refractivity contribution in [1.82, 2.24) is 0 Å². The molecule has 242 valence electrons. The lowest BCUT2D eigenvalue weighted by Crippen LogP contribution is -2.45. The molecular weight excluding hydrogens is 482 g/mol. The van der Waals surface area contributed by atoms with Crippen molar-refractivity contribution in [3.05, 3.63) is 0 Å². The largest absolute Gasteiger partial charge is 0.328 e. The maximum atomic E-state index is 2.43. The lowest BCUT2D eigenvalue weighted by Gasteiger charge is -2.34. The molecule has 40 heavy (non-hydrogen) atoms. The molecule has 0 aliphatic carbocycles. The Bertz CT molecular complexity index is 450. The second kappa shape index (κ2) is 31.9. The fourth-order valence-electron chi connectivity index (χ4n) is 6.60.